The van der Waals surface area contributed by atoms with Crippen LogP contribution in [-0.2, 0) is 16.0 Å². The van der Waals surface area contributed by atoms with E-state index in [-0.39, 0.29) is 18.3 Å². The lowest BCUT2D eigenvalue weighted by atomic mass is 10.0. The minimum absolute atomic E-state index is 0.109. The van der Waals surface area contributed by atoms with E-state index >= 15 is 0 Å². The summed E-state index contributed by atoms with van der Waals surface area (Å²) in [7, 11) is 0. The van der Waals surface area contributed by atoms with E-state index in [1.807, 2.05) is 30.3 Å². The van der Waals surface area contributed by atoms with Gasteiger partial charge in [0.25, 0.3) is 5.91 Å². The molecule has 0 saturated carbocycles. The number of benzene rings is 2. The van der Waals surface area contributed by atoms with Crippen LogP contribution < -0.4 is 10.1 Å². The Morgan fingerprint density at radius 3 is 2.33 bits per heavy atom. The van der Waals surface area contributed by atoms with Crippen LogP contribution in [0.1, 0.15) is 22.8 Å². The second-order valence-corrected chi connectivity index (χ2v) is 5.40. The van der Waals surface area contributed by atoms with E-state index in [1.165, 1.54) is 6.92 Å². The maximum absolute atomic E-state index is 12.0. The second-order valence-electron chi connectivity index (χ2n) is 5.40. The standard InChI is InChI=1S/C19H19NO4/c1-14(22)18(11-15-5-3-2-4-6-15)20-19(23)13-24-17-9-7-16(12-21)8-10-17/h2-10,12,18H,11,13H2,1H3,(H,20,23)/t18-/m1/s1. The fourth-order valence-corrected chi connectivity index (χ4v) is 2.17. The molecule has 0 fully saturated rings. The summed E-state index contributed by atoms with van der Waals surface area (Å²) >= 11 is 0. The maximum Gasteiger partial charge on any atom is 0.258 e. The summed E-state index contributed by atoms with van der Waals surface area (Å²) in [5.41, 5.74) is 1.51. The Labute approximate surface area is 140 Å². The largest absolute Gasteiger partial charge is 0.484 e. The molecule has 2 aromatic carbocycles. The van der Waals surface area contributed by atoms with Gasteiger partial charge in [0.15, 0.2) is 12.4 Å². The average molecular weight is 325 g/mol. The molecule has 0 spiro atoms. The molecular weight excluding hydrogens is 306 g/mol. The zero-order valence-electron chi connectivity index (χ0n) is 13.4. The predicted molar refractivity (Wildman–Crippen MR) is 90.1 cm³/mol. The molecule has 124 valence electrons. The van der Waals surface area contributed by atoms with E-state index in [0.717, 1.165) is 11.8 Å². The molecule has 0 unspecified atom stereocenters. The van der Waals surface area contributed by atoms with Gasteiger partial charge in [0.2, 0.25) is 0 Å². The Balaban J connectivity index is 1.88. The van der Waals surface area contributed by atoms with Gasteiger partial charge in [-0.2, -0.15) is 0 Å². The van der Waals surface area contributed by atoms with Gasteiger partial charge >= 0.3 is 0 Å². The van der Waals surface area contributed by atoms with Crippen molar-refractivity contribution in [2.75, 3.05) is 6.61 Å². The topological polar surface area (TPSA) is 72.5 Å². The molecule has 0 radical (unpaired) electrons. The third kappa shape index (κ3) is 5.35. The van der Waals surface area contributed by atoms with E-state index in [1.54, 1.807) is 24.3 Å². The normalized spacial score (nSPS) is 11.4. The van der Waals surface area contributed by atoms with Crippen LogP contribution in [0.5, 0.6) is 5.75 Å². The molecule has 2 rings (SSSR count). The van der Waals surface area contributed by atoms with Crippen LogP contribution in [0, 0.1) is 0 Å². The van der Waals surface area contributed by atoms with Crippen molar-refractivity contribution in [1.82, 2.24) is 5.32 Å². The van der Waals surface area contributed by atoms with Gasteiger partial charge in [-0.05, 0) is 43.2 Å². The molecule has 0 aliphatic rings. The van der Waals surface area contributed by atoms with Gasteiger partial charge in [-0.3, -0.25) is 14.4 Å². The van der Waals surface area contributed by atoms with Crippen LogP contribution in [0.2, 0.25) is 0 Å². The summed E-state index contributed by atoms with van der Waals surface area (Å²) in [5.74, 6) is 0.00585. The smallest absolute Gasteiger partial charge is 0.258 e. The molecule has 1 N–H and O–H groups in total. The molecule has 24 heavy (non-hydrogen) atoms. The van der Waals surface area contributed by atoms with Gasteiger partial charge in [-0.15, -0.1) is 0 Å². The Bertz CT molecular complexity index is 695. The Morgan fingerprint density at radius 1 is 1.08 bits per heavy atom. The van der Waals surface area contributed by atoms with Crippen LogP contribution in [0.15, 0.2) is 54.6 Å². The molecule has 5 nitrogen and oxygen atoms in total. The third-order valence-electron chi connectivity index (χ3n) is 3.49. The van der Waals surface area contributed by atoms with Crippen LogP contribution in [0.25, 0.3) is 0 Å². The number of carbonyl (C=O) groups excluding carboxylic acids is 3. The summed E-state index contributed by atoms with van der Waals surface area (Å²) in [6.45, 7) is 1.26. The number of amides is 1. The molecule has 1 atom stereocenters. The number of ether oxygens (including phenoxy) is 1. The van der Waals surface area contributed by atoms with Gasteiger partial charge in [0.05, 0.1) is 6.04 Å². The molecule has 1 amide bonds. The van der Waals surface area contributed by atoms with Crippen molar-refractivity contribution in [3.8, 4) is 5.75 Å². The maximum atomic E-state index is 12.0. The number of aldehydes is 1. The van der Waals surface area contributed by atoms with Crippen LogP contribution in [0.4, 0.5) is 0 Å². The predicted octanol–water partition coefficient (Wildman–Crippen LogP) is 2.19. The summed E-state index contributed by atoms with van der Waals surface area (Å²) < 4.78 is 5.36. The van der Waals surface area contributed by atoms with Gasteiger partial charge in [-0.25, -0.2) is 0 Å². The fraction of sp³-hybridized carbons (Fsp3) is 0.211. The van der Waals surface area contributed by atoms with Crippen molar-refractivity contribution in [2.45, 2.75) is 19.4 Å². The highest BCUT2D eigenvalue weighted by Crippen LogP contribution is 2.11. The van der Waals surface area contributed by atoms with Crippen LogP contribution >= 0.6 is 0 Å². The van der Waals surface area contributed by atoms with Crippen molar-refractivity contribution >= 4 is 18.0 Å². The SMILES string of the molecule is CC(=O)[C@@H](Cc1ccccc1)NC(=O)COc1ccc(C=O)cc1. The average Bonchev–Trinajstić information content (AvgIpc) is 2.60. The molecule has 0 saturated heterocycles. The molecule has 0 aliphatic carbocycles. The number of hydrogen-bond acceptors (Lipinski definition) is 4. The quantitative estimate of drug-likeness (QED) is 0.755. The Kier molecular flexibility index (Phi) is 6.25. The highest BCUT2D eigenvalue weighted by Gasteiger charge is 2.17. The molecule has 0 heterocycles. The van der Waals surface area contributed by atoms with Gasteiger partial charge in [0.1, 0.15) is 12.0 Å². The van der Waals surface area contributed by atoms with Crippen molar-refractivity contribution in [3.05, 3.63) is 65.7 Å². The first-order valence-electron chi connectivity index (χ1n) is 7.60. The van der Waals surface area contributed by atoms with E-state index in [4.69, 9.17) is 4.74 Å². The molecular formula is C19H19NO4. The van der Waals surface area contributed by atoms with Crippen molar-refractivity contribution in [2.24, 2.45) is 0 Å². The highest BCUT2D eigenvalue weighted by molar-refractivity contribution is 5.88. The van der Waals surface area contributed by atoms with Crippen molar-refractivity contribution in [3.63, 3.8) is 0 Å². The van der Waals surface area contributed by atoms with Crippen molar-refractivity contribution < 1.29 is 19.1 Å². The first-order valence-corrected chi connectivity index (χ1v) is 7.60. The van der Waals surface area contributed by atoms with E-state index in [0.29, 0.717) is 17.7 Å². The first kappa shape index (κ1) is 17.4. The number of Topliss-reactive ketones (excluding diaryl/α,β-unsaturated/α-hetero) is 1. The van der Waals surface area contributed by atoms with Gasteiger partial charge < -0.3 is 10.1 Å². The Morgan fingerprint density at radius 2 is 1.75 bits per heavy atom. The lowest BCUT2D eigenvalue weighted by Gasteiger charge is -2.16. The minimum Gasteiger partial charge on any atom is -0.484 e. The zero-order chi connectivity index (χ0) is 17.4. The third-order valence-corrected chi connectivity index (χ3v) is 3.49. The number of hydrogen-bond donors (Lipinski definition) is 1. The van der Waals surface area contributed by atoms with Gasteiger partial charge in [-0.1, -0.05) is 30.3 Å². The minimum atomic E-state index is -0.582. The van der Waals surface area contributed by atoms with Crippen molar-refractivity contribution in [1.29, 1.82) is 0 Å². The van der Waals surface area contributed by atoms with E-state index in [9.17, 15) is 14.4 Å². The Hall–Kier alpha value is -2.95. The van der Waals surface area contributed by atoms with Gasteiger partial charge in [0, 0.05) is 5.56 Å². The van der Waals surface area contributed by atoms with Crippen LogP contribution in [0.3, 0.4) is 0 Å². The number of nitrogens with one attached hydrogen (secondary N) is 1. The fourth-order valence-electron chi connectivity index (χ4n) is 2.17. The zero-order valence-corrected chi connectivity index (χ0v) is 13.4. The summed E-state index contributed by atoms with van der Waals surface area (Å²) in [6, 6.07) is 15.4. The lowest BCUT2D eigenvalue weighted by molar-refractivity contribution is -0.128. The molecule has 0 aliphatic heterocycles. The second kappa shape index (κ2) is 8.62. The summed E-state index contributed by atoms with van der Waals surface area (Å²) in [4.78, 5) is 34.3. The lowest BCUT2D eigenvalue weighted by Crippen LogP contribution is -2.43. The molecule has 0 aromatic heterocycles. The molecule has 5 heteroatoms. The monoisotopic (exact) mass is 325 g/mol. The highest BCUT2D eigenvalue weighted by atomic mass is 16.5. The van der Waals surface area contributed by atoms with E-state index in [2.05, 4.69) is 5.32 Å². The molecule has 0 bridgehead atoms. The van der Waals surface area contributed by atoms with Crippen LogP contribution in [-0.4, -0.2) is 30.6 Å². The number of ketones is 1. The first-order chi connectivity index (χ1) is 11.6. The number of rotatable bonds is 8. The summed E-state index contributed by atoms with van der Waals surface area (Å²) in [6.07, 6.45) is 1.17. The molecule has 2 aromatic rings. The van der Waals surface area contributed by atoms with E-state index < -0.39 is 6.04 Å². The summed E-state index contributed by atoms with van der Waals surface area (Å²) in [5, 5.41) is 2.69. The number of carbonyl (C=O) groups is 3.